The molecule has 0 saturated heterocycles. The highest BCUT2D eigenvalue weighted by Crippen LogP contribution is 2.28. The number of nitrogens with one attached hydrogen (secondary N) is 1. The third-order valence-corrected chi connectivity index (χ3v) is 8.75. The first-order chi connectivity index (χ1) is 18.9. The van der Waals surface area contributed by atoms with Gasteiger partial charge in [0.25, 0.3) is 10.0 Å². The molecule has 0 bridgehead atoms. The van der Waals surface area contributed by atoms with Crippen molar-refractivity contribution < 1.29 is 18.0 Å². The molecule has 1 N–H and O–H groups in total. The van der Waals surface area contributed by atoms with Crippen molar-refractivity contribution in [3.05, 3.63) is 94.5 Å². The fourth-order valence-corrected chi connectivity index (χ4v) is 5.92. The minimum atomic E-state index is -4.09. The number of hydrogen-bond acceptors (Lipinski definition) is 4. The number of anilines is 1. The lowest BCUT2D eigenvalue weighted by atomic mass is 10.1. The predicted molar refractivity (Wildman–Crippen MR) is 161 cm³/mol. The largest absolute Gasteiger partial charge is 0.354 e. The molecule has 0 heterocycles. The molecule has 0 saturated carbocycles. The molecule has 7 nitrogen and oxygen atoms in total. The van der Waals surface area contributed by atoms with Gasteiger partial charge in [0.15, 0.2) is 0 Å². The molecule has 214 valence electrons. The minimum absolute atomic E-state index is 0.0984. The lowest BCUT2D eigenvalue weighted by Crippen LogP contribution is -2.51. The molecular weight excluding hydrogens is 522 g/mol. The average Bonchev–Trinajstić information content (AvgIpc) is 2.91. The van der Waals surface area contributed by atoms with Gasteiger partial charge >= 0.3 is 0 Å². The summed E-state index contributed by atoms with van der Waals surface area (Å²) in [6.07, 6.45) is 1.77. The zero-order chi connectivity index (χ0) is 29.4. The van der Waals surface area contributed by atoms with Gasteiger partial charge in [0.2, 0.25) is 11.8 Å². The van der Waals surface area contributed by atoms with Crippen LogP contribution in [0, 0.1) is 27.7 Å². The number of sulfonamides is 1. The van der Waals surface area contributed by atoms with Gasteiger partial charge in [0, 0.05) is 13.1 Å². The summed E-state index contributed by atoms with van der Waals surface area (Å²) < 4.78 is 29.1. The summed E-state index contributed by atoms with van der Waals surface area (Å²) >= 11 is 0. The highest BCUT2D eigenvalue weighted by atomic mass is 32.2. The molecule has 3 aromatic carbocycles. The van der Waals surface area contributed by atoms with Crippen molar-refractivity contribution in [2.45, 2.75) is 71.9 Å². The first-order valence-electron chi connectivity index (χ1n) is 13.7. The van der Waals surface area contributed by atoms with Crippen molar-refractivity contribution >= 4 is 27.5 Å². The van der Waals surface area contributed by atoms with Gasteiger partial charge in [-0.05, 0) is 70.4 Å². The molecule has 0 radical (unpaired) electrons. The second-order valence-electron chi connectivity index (χ2n) is 10.4. The molecule has 0 aromatic heterocycles. The second-order valence-corrected chi connectivity index (χ2v) is 12.3. The summed E-state index contributed by atoms with van der Waals surface area (Å²) in [4.78, 5) is 28.7. The van der Waals surface area contributed by atoms with Crippen LogP contribution in [0.3, 0.4) is 0 Å². The van der Waals surface area contributed by atoms with Crippen molar-refractivity contribution in [1.29, 1.82) is 0 Å². The zero-order valence-corrected chi connectivity index (χ0v) is 25.2. The Morgan fingerprint density at radius 1 is 0.850 bits per heavy atom. The molecular formula is C32H41N3O4S. The van der Waals surface area contributed by atoms with Gasteiger partial charge in [-0.2, -0.15) is 0 Å². The Morgan fingerprint density at radius 3 is 2.00 bits per heavy atom. The molecule has 8 heteroatoms. The molecule has 3 rings (SSSR count). The maximum atomic E-state index is 14.0. The monoisotopic (exact) mass is 563 g/mol. The average molecular weight is 564 g/mol. The van der Waals surface area contributed by atoms with Crippen LogP contribution in [0.2, 0.25) is 0 Å². The van der Waals surface area contributed by atoms with E-state index in [0.29, 0.717) is 12.2 Å². The van der Waals surface area contributed by atoms with E-state index in [9.17, 15) is 18.0 Å². The van der Waals surface area contributed by atoms with Gasteiger partial charge in [-0.3, -0.25) is 13.9 Å². The highest BCUT2D eigenvalue weighted by Gasteiger charge is 2.33. The molecule has 0 unspecified atom stereocenters. The minimum Gasteiger partial charge on any atom is -0.354 e. The highest BCUT2D eigenvalue weighted by molar-refractivity contribution is 7.92. The Morgan fingerprint density at radius 2 is 1.43 bits per heavy atom. The number of unbranched alkanes of at least 4 members (excludes halogenated alkanes) is 1. The van der Waals surface area contributed by atoms with E-state index < -0.39 is 28.5 Å². The van der Waals surface area contributed by atoms with E-state index in [4.69, 9.17) is 0 Å². The van der Waals surface area contributed by atoms with E-state index >= 15 is 0 Å². The van der Waals surface area contributed by atoms with Crippen LogP contribution in [0.25, 0.3) is 0 Å². The summed E-state index contributed by atoms with van der Waals surface area (Å²) in [5.74, 6) is -0.734. The molecule has 0 fully saturated rings. The van der Waals surface area contributed by atoms with Crippen molar-refractivity contribution in [2.75, 3.05) is 17.4 Å². The van der Waals surface area contributed by atoms with Crippen LogP contribution in [0.4, 0.5) is 5.69 Å². The van der Waals surface area contributed by atoms with Crippen LogP contribution >= 0.6 is 0 Å². The normalized spacial score (nSPS) is 12.1. The van der Waals surface area contributed by atoms with Gasteiger partial charge in [-0.1, -0.05) is 78.6 Å². The standard InChI is InChI=1S/C32H41N3O4S/c1-7-8-19-33-32(37)27(6)34(21-28-14-9-23(2)10-15-28)31(36)22-35(30-18-13-25(4)20-26(30)5)40(38,39)29-16-11-24(3)12-17-29/h9-18,20,27H,7-8,19,21-22H2,1-6H3,(H,33,37)/t27-/m0/s1. The Bertz CT molecular complexity index is 1420. The van der Waals surface area contributed by atoms with Crippen LogP contribution < -0.4 is 9.62 Å². The second kappa shape index (κ2) is 13.6. The van der Waals surface area contributed by atoms with Crippen LogP contribution in [0.15, 0.2) is 71.6 Å². The molecule has 0 spiro atoms. The summed E-state index contributed by atoms with van der Waals surface area (Å²) in [5.41, 5.74) is 5.01. The van der Waals surface area contributed by atoms with Crippen LogP contribution in [0.5, 0.6) is 0 Å². The van der Waals surface area contributed by atoms with Crippen LogP contribution in [-0.4, -0.2) is 44.3 Å². The van der Waals surface area contributed by atoms with E-state index in [1.807, 2.05) is 71.0 Å². The third kappa shape index (κ3) is 7.72. The van der Waals surface area contributed by atoms with Gasteiger partial charge < -0.3 is 10.2 Å². The Balaban J connectivity index is 2.03. The molecule has 0 aliphatic heterocycles. The molecule has 1 atom stereocenters. The van der Waals surface area contributed by atoms with E-state index in [1.54, 1.807) is 37.3 Å². The summed E-state index contributed by atoms with van der Waals surface area (Å²) in [6, 6.07) is 19.0. The number of hydrogen-bond donors (Lipinski definition) is 1. The number of benzene rings is 3. The summed E-state index contributed by atoms with van der Waals surface area (Å²) in [6.45, 7) is 11.6. The van der Waals surface area contributed by atoms with E-state index in [1.165, 1.54) is 9.21 Å². The number of nitrogens with zero attached hydrogens (tertiary/aromatic N) is 2. The Labute approximate surface area is 239 Å². The van der Waals surface area contributed by atoms with E-state index in [-0.39, 0.29) is 17.3 Å². The number of aryl methyl sites for hydroxylation is 4. The number of carbonyl (C=O) groups is 2. The lowest BCUT2D eigenvalue weighted by molar-refractivity contribution is -0.139. The van der Waals surface area contributed by atoms with Crippen molar-refractivity contribution in [3.63, 3.8) is 0 Å². The molecule has 0 aliphatic carbocycles. The Kier molecular flexibility index (Phi) is 10.5. The Hall–Kier alpha value is -3.65. The molecule has 0 aliphatic rings. The smallest absolute Gasteiger partial charge is 0.264 e. The van der Waals surface area contributed by atoms with Crippen molar-refractivity contribution in [2.24, 2.45) is 0 Å². The quantitative estimate of drug-likeness (QED) is 0.297. The first-order valence-corrected chi connectivity index (χ1v) is 15.2. The van der Waals surface area contributed by atoms with E-state index in [0.717, 1.165) is 40.7 Å². The zero-order valence-electron chi connectivity index (χ0n) is 24.4. The van der Waals surface area contributed by atoms with Crippen molar-refractivity contribution in [3.8, 4) is 0 Å². The number of rotatable bonds is 12. The van der Waals surface area contributed by atoms with Gasteiger partial charge in [0.05, 0.1) is 10.6 Å². The number of amides is 2. The fraction of sp³-hybridized carbons (Fsp3) is 0.375. The molecule has 2 amide bonds. The maximum absolute atomic E-state index is 14.0. The van der Waals surface area contributed by atoms with Gasteiger partial charge in [-0.15, -0.1) is 0 Å². The van der Waals surface area contributed by atoms with Crippen molar-refractivity contribution in [1.82, 2.24) is 10.2 Å². The third-order valence-electron chi connectivity index (χ3n) is 6.98. The number of carbonyl (C=O) groups excluding carboxylic acids is 2. The summed E-state index contributed by atoms with van der Waals surface area (Å²) in [7, 11) is -4.09. The lowest BCUT2D eigenvalue weighted by Gasteiger charge is -2.32. The topological polar surface area (TPSA) is 86.8 Å². The van der Waals surface area contributed by atoms with Gasteiger partial charge in [-0.25, -0.2) is 8.42 Å². The van der Waals surface area contributed by atoms with Gasteiger partial charge in [0.1, 0.15) is 12.6 Å². The molecule has 3 aromatic rings. The maximum Gasteiger partial charge on any atom is 0.264 e. The summed E-state index contributed by atoms with van der Waals surface area (Å²) in [5, 5.41) is 2.91. The fourth-order valence-electron chi connectivity index (χ4n) is 4.44. The first kappa shape index (κ1) is 30.9. The predicted octanol–water partition coefficient (Wildman–Crippen LogP) is 5.45. The molecule has 40 heavy (non-hydrogen) atoms. The SMILES string of the molecule is CCCCNC(=O)[C@H](C)N(Cc1ccc(C)cc1)C(=O)CN(c1ccc(C)cc1C)S(=O)(=O)c1ccc(C)cc1. The van der Waals surface area contributed by atoms with Crippen LogP contribution in [0.1, 0.15) is 54.5 Å². The van der Waals surface area contributed by atoms with Crippen LogP contribution in [-0.2, 0) is 26.2 Å². The van der Waals surface area contributed by atoms with E-state index in [2.05, 4.69) is 5.32 Å².